The Morgan fingerprint density at radius 3 is 2.81 bits per heavy atom. The Morgan fingerprint density at radius 1 is 1.19 bits per heavy atom. The molecule has 21 heavy (non-hydrogen) atoms. The number of hydrogen-bond acceptors (Lipinski definition) is 4. The number of carbonyl (C=O) groups excluding carboxylic acids is 1. The van der Waals surface area contributed by atoms with E-state index in [1.54, 1.807) is 24.3 Å². The second kappa shape index (κ2) is 5.24. The van der Waals surface area contributed by atoms with Crippen molar-refractivity contribution in [1.29, 1.82) is 0 Å². The molecule has 0 bridgehead atoms. The van der Waals surface area contributed by atoms with Gasteiger partial charge in [-0.1, -0.05) is 24.3 Å². The summed E-state index contributed by atoms with van der Waals surface area (Å²) in [5, 5.41) is 13.5. The molecule has 0 aliphatic carbocycles. The van der Waals surface area contributed by atoms with E-state index in [1.807, 2.05) is 12.1 Å². The Balaban J connectivity index is 1.81. The van der Waals surface area contributed by atoms with E-state index in [0.717, 1.165) is 0 Å². The molecule has 1 unspecified atom stereocenters. The predicted octanol–water partition coefficient (Wildman–Crippen LogP) is 2.54. The lowest BCUT2D eigenvalue weighted by Gasteiger charge is -2.25. The van der Waals surface area contributed by atoms with E-state index in [1.165, 1.54) is 12.1 Å². The molecule has 1 heterocycles. The Kier molecular flexibility index (Phi) is 3.27. The number of fused-ring (bicyclic) bond motifs is 1. The molecule has 0 spiro atoms. The maximum absolute atomic E-state index is 12.0. The van der Waals surface area contributed by atoms with Crippen LogP contribution in [0.1, 0.15) is 5.56 Å². The van der Waals surface area contributed by atoms with Crippen LogP contribution in [0.25, 0.3) is 0 Å². The van der Waals surface area contributed by atoms with Crippen molar-refractivity contribution in [3.8, 4) is 5.75 Å². The molecule has 6 heteroatoms. The quantitative estimate of drug-likeness (QED) is 0.693. The summed E-state index contributed by atoms with van der Waals surface area (Å²) in [5.41, 5.74) is 1.32. The molecule has 0 radical (unpaired) electrons. The van der Waals surface area contributed by atoms with Crippen molar-refractivity contribution in [1.82, 2.24) is 0 Å². The number of nitrogens with one attached hydrogen (secondary N) is 1. The van der Waals surface area contributed by atoms with Gasteiger partial charge in [0.25, 0.3) is 11.6 Å². The van der Waals surface area contributed by atoms with E-state index in [2.05, 4.69) is 5.32 Å². The van der Waals surface area contributed by atoms with Crippen molar-refractivity contribution in [2.45, 2.75) is 12.5 Å². The van der Waals surface area contributed by atoms with Crippen LogP contribution in [0.15, 0.2) is 48.5 Å². The Labute approximate surface area is 120 Å². The number of amides is 1. The van der Waals surface area contributed by atoms with Crippen molar-refractivity contribution in [3.63, 3.8) is 0 Å². The molecule has 1 atom stereocenters. The van der Waals surface area contributed by atoms with Crippen LogP contribution >= 0.6 is 0 Å². The molecule has 0 aromatic heterocycles. The zero-order valence-electron chi connectivity index (χ0n) is 11.0. The fourth-order valence-electron chi connectivity index (χ4n) is 2.24. The highest BCUT2D eigenvalue weighted by molar-refractivity contribution is 5.97. The van der Waals surface area contributed by atoms with E-state index in [-0.39, 0.29) is 18.0 Å². The van der Waals surface area contributed by atoms with Crippen molar-refractivity contribution in [2.24, 2.45) is 0 Å². The summed E-state index contributed by atoms with van der Waals surface area (Å²) in [5.74, 6) is 0.354. The minimum Gasteiger partial charge on any atom is -0.478 e. The van der Waals surface area contributed by atoms with E-state index in [0.29, 0.717) is 17.0 Å². The molecule has 2 aromatic carbocycles. The van der Waals surface area contributed by atoms with Gasteiger partial charge in [-0.3, -0.25) is 14.9 Å². The lowest BCUT2D eigenvalue weighted by Crippen LogP contribution is -2.38. The molecule has 1 amide bonds. The van der Waals surface area contributed by atoms with Crippen molar-refractivity contribution >= 4 is 17.3 Å². The van der Waals surface area contributed by atoms with Gasteiger partial charge in [-0.15, -0.1) is 0 Å². The SMILES string of the molecule is O=C1Nc2ccccc2OC1Cc1cccc([N+](=O)[O-])c1. The number of nitrogens with zero attached hydrogens (tertiary/aromatic N) is 1. The molecule has 0 saturated heterocycles. The minimum absolute atomic E-state index is 0.00381. The van der Waals surface area contributed by atoms with E-state index in [4.69, 9.17) is 4.74 Å². The molecule has 0 fully saturated rings. The lowest BCUT2D eigenvalue weighted by molar-refractivity contribution is -0.384. The second-order valence-corrected chi connectivity index (χ2v) is 4.72. The summed E-state index contributed by atoms with van der Waals surface area (Å²) >= 11 is 0. The van der Waals surface area contributed by atoms with Crippen LogP contribution < -0.4 is 10.1 Å². The summed E-state index contributed by atoms with van der Waals surface area (Å²) in [4.78, 5) is 22.3. The lowest BCUT2D eigenvalue weighted by atomic mass is 10.1. The summed E-state index contributed by atoms with van der Waals surface area (Å²) in [6.45, 7) is 0. The number of rotatable bonds is 3. The topological polar surface area (TPSA) is 81.5 Å². The third-order valence-corrected chi connectivity index (χ3v) is 3.25. The normalized spacial score (nSPS) is 16.6. The van der Waals surface area contributed by atoms with Gasteiger partial charge in [0.1, 0.15) is 5.75 Å². The molecule has 106 valence electrons. The third kappa shape index (κ3) is 2.69. The number of non-ortho nitro benzene ring substituents is 1. The number of carbonyl (C=O) groups is 1. The zero-order valence-corrected chi connectivity index (χ0v) is 11.0. The largest absolute Gasteiger partial charge is 0.478 e. The molecule has 1 N–H and O–H groups in total. The number of nitro benzene ring substituents is 1. The molecule has 1 aliphatic rings. The summed E-state index contributed by atoms with van der Waals surface area (Å²) < 4.78 is 5.67. The number of benzene rings is 2. The summed E-state index contributed by atoms with van der Waals surface area (Å²) in [7, 11) is 0. The van der Waals surface area contributed by atoms with Gasteiger partial charge in [0, 0.05) is 18.6 Å². The smallest absolute Gasteiger partial charge is 0.269 e. The maximum Gasteiger partial charge on any atom is 0.269 e. The average molecular weight is 284 g/mol. The average Bonchev–Trinajstić information content (AvgIpc) is 2.48. The Morgan fingerprint density at radius 2 is 2.00 bits per heavy atom. The van der Waals surface area contributed by atoms with E-state index < -0.39 is 11.0 Å². The van der Waals surface area contributed by atoms with Gasteiger partial charge in [-0.05, 0) is 17.7 Å². The van der Waals surface area contributed by atoms with Crippen LogP contribution in [-0.2, 0) is 11.2 Å². The van der Waals surface area contributed by atoms with Crippen LogP contribution in [0.4, 0.5) is 11.4 Å². The molecule has 3 rings (SSSR count). The number of ether oxygens (including phenoxy) is 1. The molecule has 0 saturated carbocycles. The molecule has 2 aromatic rings. The third-order valence-electron chi connectivity index (χ3n) is 3.25. The number of para-hydroxylation sites is 2. The van der Waals surface area contributed by atoms with Gasteiger partial charge in [-0.25, -0.2) is 0 Å². The monoisotopic (exact) mass is 284 g/mol. The number of nitro groups is 1. The first-order valence-electron chi connectivity index (χ1n) is 6.43. The number of hydrogen-bond donors (Lipinski definition) is 1. The van der Waals surface area contributed by atoms with Crippen LogP contribution in [0, 0.1) is 10.1 Å². The summed E-state index contributed by atoms with van der Waals surface area (Å²) in [6.07, 6.45) is -0.413. The minimum atomic E-state index is -0.693. The van der Waals surface area contributed by atoms with E-state index >= 15 is 0 Å². The van der Waals surface area contributed by atoms with Crippen LogP contribution in [0.3, 0.4) is 0 Å². The zero-order chi connectivity index (χ0) is 14.8. The predicted molar refractivity (Wildman–Crippen MR) is 76.3 cm³/mol. The fourth-order valence-corrected chi connectivity index (χ4v) is 2.24. The van der Waals surface area contributed by atoms with Crippen LogP contribution in [0.2, 0.25) is 0 Å². The Bertz CT molecular complexity index is 714. The summed E-state index contributed by atoms with van der Waals surface area (Å²) in [6, 6.07) is 13.4. The van der Waals surface area contributed by atoms with Gasteiger partial charge >= 0.3 is 0 Å². The van der Waals surface area contributed by atoms with Crippen LogP contribution in [-0.4, -0.2) is 16.9 Å². The van der Waals surface area contributed by atoms with Crippen molar-refractivity contribution < 1.29 is 14.5 Å². The first-order valence-corrected chi connectivity index (χ1v) is 6.43. The van der Waals surface area contributed by atoms with Crippen molar-refractivity contribution in [3.05, 3.63) is 64.2 Å². The standard InChI is InChI=1S/C15H12N2O4/c18-15-14(21-13-7-2-1-6-12(13)16-15)9-10-4-3-5-11(8-10)17(19)20/h1-8,14H,9H2,(H,16,18). The Hall–Kier alpha value is -2.89. The van der Waals surface area contributed by atoms with Gasteiger partial charge in [0.2, 0.25) is 0 Å². The highest BCUT2D eigenvalue weighted by Gasteiger charge is 2.27. The highest BCUT2D eigenvalue weighted by Crippen LogP contribution is 2.30. The first kappa shape index (κ1) is 13.1. The second-order valence-electron chi connectivity index (χ2n) is 4.72. The van der Waals surface area contributed by atoms with Gasteiger partial charge in [0.05, 0.1) is 10.6 Å². The van der Waals surface area contributed by atoms with Gasteiger partial charge in [0.15, 0.2) is 6.10 Å². The number of anilines is 1. The molecular weight excluding hydrogens is 272 g/mol. The first-order chi connectivity index (χ1) is 10.1. The van der Waals surface area contributed by atoms with Crippen LogP contribution in [0.5, 0.6) is 5.75 Å². The highest BCUT2D eigenvalue weighted by atomic mass is 16.6. The molecule has 1 aliphatic heterocycles. The molecular formula is C15H12N2O4. The maximum atomic E-state index is 12.0. The fraction of sp³-hybridized carbons (Fsp3) is 0.133. The van der Waals surface area contributed by atoms with Gasteiger partial charge < -0.3 is 10.1 Å². The van der Waals surface area contributed by atoms with Crippen molar-refractivity contribution in [2.75, 3.05) is 5.32 Å². The molecule has 6 nitrogen and oxygen atoms in total. The van der Waals surface area contributed by atoms with Gasteiger partial charge in [-0.2, -0.15) is 0 Å². The van der Waals surface area contributed by atoms with E-state index in [9.17, 15) is 14.9 Å².